The Morgan fingerprint density at radius 3 is 2.92 bits per heavy atom. The summed E-state index contributed by atoms with van der Waals surface area (Å²) < 4.78 is 5.81. The van der Waals surface area contributed by atoms with Crippen molar-refractivity contribution in [3.05, 3.63) is 58.6 Å². The summed E-state index contributed by atoms with van der Waals surface area (Å²) in [5, 5.41) is 6.92. The van der Waals surface area contributed by atoms with Crippen LogP contribution in [0.5, 0.6) is 5.75 Å². The summed E-state index contributed by atoms with van der Waals surface area (Å²) in [7, 11) is 0. The number of rotatable bonds is 5. The van der Waals surface area contributed by atoms with Crippen LogP contribution in [-0.2, 0) is 11.4 Å². The zero-order valence-electron chi connectivity index (χ0n) is 13.6. The maximum absolute atomic E-state index is 12.2. The van der Waals surface area contributed by atoms with Crippen molar-refractivity contribution in [3.63, 3.8) is 0 Å². The summed E-state index contributed by atoms with van der Waals surface area (Å²) in [5.74, 6) is 0.909. The molecular formula is C19H21ClN2O2. The molecule has 1 unspecified atom stereocenters. The fraction of sp³-hybridized carbons (Fsp3) is 0.316. The fourth-order valence-corrected chi connectivity index (χ4v) is 2.99. The molecule has 1 heterocycles. The second kappa shape index (κ2) is 7.69. The van der Waals surface area contributed by atoms with E-state index in [4.69, 9.17) is 16.3 Å². The van der Waals surface area contributed by atoms with Crippen LogP contribution >= 0.6 is 11.6 Å². The number of amides is 1. The molecule has 4 nitrogen and oxygen atoms in total. The summed E-state index contributed by atoms with van der Waals surface area (Å²) in [6.45, 7) is 4.09. The number of hydrogen-bond donors (Lipinski definition) is 2. The van der Waals surface area contributed by atoms with E-state index in [-0.39, 0.29) is 11.8 Å². The normalized spacial score (nSPS) is 16.8. The van der Waals surface area contributed by atoms with E-state index >= 15 is 0 Å². The molecule has 1 aliphatic heterocycles. The third-order valence-electron chi connectivity index (χ3n) is 4.18. The van der Waals surface area contributed by atoms with E-state index in [9.17, 15) is 4.79 Å². The molecule has 0 saturated carbocycles. The molecule has 5 heteroatoms. The Balaban J connectivity index is 1.60. The molecule has 0 bridgehead atoms. The van der Waals surface area contributed by atoms with Crippen LogP contribution in [-0.4, -0.2) is 19.0 Å². The highest BCUT2D eigenvalue weighted by Crippen LogP contribution is 2.23. The predicted molar refractivity (Wildman–Crippen MR) is 96.6 cm³/mol. The fourth-order valence-electron chi connectivity index (χ4n) is 2.77. The lowest BCUT2D eigenvalue weighted by Crippen LogP contribution is -2.24. The SMILES string of the molecule is Cc1cc(OCc2cccc(Cl)c2)ccc1NC(=O)C1CCNC1. The molecule has 1 saturated heterocycles. The van der Waals surface area contributed by atoms with Gasteiger partial charge in [-0.1, -0.05) is 23.7 Å². The van der Waals surface area contributed by atoms with Crippen LogP contribution < -0.4 is 15.4 Å². The van der Waals surface area contributed by atoms with E-state index in [1.807, 2.05) is 49.4 Å². The first-order valence-electron chi connectivity index (χ1n) is 8.11. The van der Waals surface area contributed by atoms with E-state index in [1.54, 1.807) is 0 Å². The lowest BCUT2D eigenvalue weighted by molar-refractivity contribution is -0.119. The monoisotopic (exact) mass is 344 g/mol. The minimum absolute atomic E-state index is 0.0585. The van der Waals surface area contributed by atoms with Crippen LogP contribution in [0.15, 0.2) is 42.5 Å². The van der Waals surface area contributed by atoms with Crippen LogP contribution in [0, 0.1) is 12.8 Å². The van der Waals surface area contributed by atoms with Crippen molar-refractivity contribution >= 4 is 23.2 Å². The standard InChI is InChI=1S/C19H21ClN2O2/c1-13-9-17(24-12-14-3-2-4-16(20)10-14)5-6-18(13)22-19(23)15-7-8-21-11-15/h2-6,9-10,15,21H,7-8,11-12H2,1H3,(H,22,23). The highest BCUT2D eigenvalue weighted by Gasteiger charge is 2.22. The van der Waals surface area contributed by atoms with E-state index in [0.29, 0.717) is 11.6 Å². The van der Waals surface area contributed by atoms with Crippen LogP contribution in [0.25, 0.3) is 0 Å². The highest BCUT2D eigenvalue weighted by atomic mass is 35.5. The topological polar surface area (TPSA) is 50.4 Å². The molecular weight excluding hydrogens is 324 g/mol. The summed E-state index contributed by atoms with van der Waals surface area (Å²) in [5.41, 5.74) is 2.84. The lowest BCUT2D eigenvalue weighted by atomic mass is 10.1. The molecule has 126 valence electrons. The Kier molecular flexibility index (Phi) is 5.38. The maximum Gasteiger partial charge on any atom is 0.228 e. The van der Waals surface area contributed by atoms with Gasteiger partial charge in [0.1, 0.15) is 12.4 Å². The van der Waals surface area contributed by atoms with Crippen molar-refractivity contribution < 1.29 is 9.53 Å². The van der Waals surface area contributed by atoms with Gasteiger partial charge in [0, 0.05) is 17.3 Å². The first-order valence-corrected chi connectivity index (χ1v) is 8.49. The second-order valence-corrected chi connectivity index (χ2v) is 6.51. The number of hydrogen-bond acceptors (Lipinski definition) is 3. The first kappa shape index (κ1) is 16.8. The van der Waals surface area contributed by atoms with Gasteiger partial charge < -0.3 is 15.4 Å². The summed E-state index contributed by atoms with van der Waals surface area (Å²) in [6, 6.07) is 13.3. The van der Waals surface area contributed by atoms with Crippen molar-refractivity contribution in [2.75, 3.05) is 18.4 Å². The van der Waals surface area contributed by atoms with Gasteiger partial charge in [0.25, 0.3) is 0 Å². The first-order chi connectivity index (χ1) is 11.6. The number of halogens is 1. The third kappa shape index (κ3) is 4.28. The Labute approximate surface area is 147 Å². The molecule has 1 amide bonds. The van der Waals surface area contributed by atoms with Crippen molar-refractivity contribution in [1.82, 2.24) is 5.32 Å². The summed E-state index contributed by atoms with van der Waals surface area (Å²) >= 11 is 5.97. The number of carbonyl (C=O) groups is 1. The Bertz CT molecular complexity index is 727. The van der Waals surface area contributed by atoms with Gasteiger partial charge in [-0.2, -0.15) is 0 Å². The molecule has 0 aliphatic carbocycles. The van der Waals surface area contributed by atoms with Crippen molar-refractivity contribution in [3.8, 4) is 5.75 Å². The van der Waals surface area contributed by atoms with Gasteiger partial charge in [0.15, 0.2) is 0 Å². The van der Waals surface area contributed by atoms with Crippen molar-refractivity contribution in [1.29, 1.82) is 0 Å². The summed E-state index contributed by atoms with van der Waals surface area (Å²) in [4.78, 5) is 12.2. The number of benzene rings is 2. The van der Waals surface area contributed by atoms with E-state index in [0.717, 1.165) is 42.1 Å². The van der Waals surface area contributed by atoms with Gasteiger partial charge in [0.2, 0.25) is 5.91 Å². The van der Waals surface area contributed by atoms with Gasteiger partial charge in [-0.3, -0.25) is 4.79 Å². The van der Waals surface area contributed by atoms with Crippen LogP contribution in [0.1, 0.15) is 17.5 Å². The number of aryl methyl sites for hydroxylation is 1. The van der Waals surface area contributed by atoms with E-state index in [2.05, 4.69) is 10.6 Å². The zero-order valence-corrected chi connectivity index (χ0v) is 14.4. The Morgan fingerprint density at radius 2 is 2.21 bits per heavy atom. The highest BCUT2D eigenvalue weighted by molar-refractivity contribution is 6.30. The quantitative estimate of drug-likeness (QED) is 0.868. The van der Waals surface area contributed by atoms with Crippen molar-refractivity contribution in [2.45, 2.75) is 20.0 Å². The average molecular weight is 345 g/mol. The largest absolute Gasteiger partial charge is 0.489 e. The van der Waals surface area contributed by atoms with Crippen LogP contribution in [0.3, 0.4) is 0 Å². The zero-order chi connectivity index (χ0) is 16.9. The molecule has 1 fully saturated rings. The second-order valence-electron chi connectivity index (χ2n) is 6.07. The third-order valence-corrected chi connectivity index (χ3v) is 4.42. The average Bonchev–Trinajstić information content (AvgIpc) is 3.10. The molecule has 0 spiro atoms. The lowest BCUT2D eigenvalue weighted by Gasteiger charge is -2.14. The Hall–Kier alpha value is -2.04. The predicted octanol–water partition coefficient (Wildman–Crippen LogP) is 3.78. The van der Waals surface area contributed by atoms with Gasteiger partial charge in [-0.15, -0.1) is 0 Å². The molecule has 0 radical (unpaired) electrons. The minimum Gasteiger partial charge on any atom is -0.489 e. The molecule has 2 aromatic rings. The number of nitrogens with one attached hydrogen (secondary N) is 2. The van der Waals surface area contributed by atoms with Gasteiger partial charge in [-0.05, 0) is 61.3 Å². The molecule has 1 aliphatic rings. The molecule has 24 heavy (non-hydrogen) atoms. The molecule has 1 atom stereocenters. The smallest absolute Gasteiger partial charge is 0.228 e. The van der Waals surface area contributed by atoms with Crippen molar-refractivity contribution in [2.24, 2.45) is 5.92 Å². The van der Waals surface area contributed by atoms with Gasteiger partial charge >= 0.3 is 0 Å². The molecule has 2 N–H and O–H groups in total. The minimum atomic E-state index is 0.0585. The maximum atomic E-state index is 12.2. The van der Waals surface area contributed by atoms with Crippen LogP contribution in [0.4, 0.5) is 5.69 Å². The Morgan fingerprint density at radius 1 is 1.33 bits per heavy atom. The van der Waals surface area contributed by atoms with Gasteiger partial charge in [0.05, 0.1) is 5.92 Å². The number of carbonyl (C=O) groups excluding carboxylic acids is 1. The molecule has 0 aromatic heterocycles. The van der Waals surface area contributed by atoms with Crippen LogP contribution in [0.2, 0.25) is 5.02 Å². The molecule has 2 aromatic carbocycles. The summed E-state index contributed by atoms with van der Waals surface area (Å²) in [6.07, 6.45) is 0.895. The number of anilines is 1. The molecule has 3 rings (SSSR count). The van der Waals surface area contributed by atoms with E-state index in [1.165, 1.54) is 0 Å². The van der Waals surface area contributed by atoms with E-state index < -0.39 is 0 Å². The van der Waals surface area contributed by atoms with Gasteiger partial charge in [-0.25, -0.2) is 0 Å². The number of ether oxygens (including phenoxy) is 1.